The van der Waals surface area contributed by atoms with E-state index in [2.05, 4.69) is 4.98 Å². The average molecular weight is 435 g/mol. The van der Waals surface area contributed by atoms with Gasteiger partial charge in [-0.3, -0.25) is 0 Å². The molecule has 0 saturated carbocycles. The first-order valence-electron chi connectivity index (χ1n) is 8.23. The molecule has 0 radical (unpaired) electrons. The van der Waals surface area contributed by atoms with Crippen LogP contribution in [0.15, 0.2) is 46.8 Å². The number of nitriles is 1. The summed E-state index contributed by atoms with van der Waals surface area (Å²) >= 11 is 1.05. The smallest absolute Gasteiger partial charge is 0.269 e. The molecule has 3 aromatic rings. The lowest BCUT2D eigenvalue weighted by molar-refractivity contribution is 0.414. The molecule has 0 aliphatic carbocycles. The van der Waals surface area contributed by atoms with Gasteiger partial charge in [0, 0.05) is 17.6 Å². The van der Waals surface area contributed by atoms with Crippen LogP contribution < -0.4 is 9.04 Å². The van der Waals surface area contributed by atoms with Crippen molar-refractivity contribution in [1.29, 1.82) is 5.26 Å². The lowest BCUT2D eigenvalue weighted by atomic mass is 10.1. The van der Waals surface area contributed by atoms with E-state index in [9.17, 15) is 17.2 Å². The number of anilines is 1. The molecule has 6 nitrogen and oxygen atoms in total. The fourth-order valence-electron chi connectivity index (χ4n) is 2.65. The van der Waals surface area contributed by atoms with Crippen molar-refractivity contribution in [3.8, 4) is 11.8 Å². The van der Waals surface area contributed by atoms with Gasteiger partial charge in [-0.25, -0.2) is 26.5 Å². The summed E-state index contributed by atoms with van der Waals surface area (Å²) in [5.41, 5.74) is 0.843. The number of rotatable bonds is 6. The molecule has 0 aliphatic heterocycles. The summed E-state index contributed by atoms with van der Waals surface area (Å²) in [4.78, 5) is 3.24. The van der Waals surface area contributed by atoms with E-state index in [-0.39, 0.29) is 11.7 Å². The van der Waals surface area contributed by atoms with Crippen LogP contribution in [0.2, 0.25) is 0 Å². The van der Waals surface area contributed by atoms with Gasteiger partial charge in [-0.1, -0.05) is 6.07 Å². The van der Waals surface area contributed by atoms with Gasteiger partial charge in [0.1, 0.15) is 28.3 Å². The maximum atomic E-state index is 14.4. The van der Waals surface area contributed by atoms with Crippen LogP contribution in [0.5, 0.6) is 5.75 Å². The quantitative estimate of drug-likeness (QED) is 0.584. The zero-order valence-corrected chi connectivity index (χ0v) is 17.0. The summed E-state index contributed by atoms with van der Waals surface area (Å²) in [6, 6.07) is 7.74. The van der Waals surface area contributed by atoms with E-state index in [0.717, 1.165) is 21.2 Å². The molecule has 10 heteroatoms. The number of aryl methyl sites for hydroxylation is 1. The Bertz CT molecular complexity index is 1190. The number of sulfonamides is 1. The molecular formula is C19H15F2N3O3S2. The number of thiazole rings is 1. The monoisotopic (exact) mass is 435 g/mol. The van der Waals surface area contributed by atoms with Gasteiger partial charge in [-0.15, -0.1) is 11.3 Å². The van der Waals surface area contributed by atoms with Crippen molar-refractivity contribution >= 4 is 26.5 Å². The van der Waals surface area contributed by atoms with Crippen LogP contribution in [0.25, 0.3) is 0 Å². The Labute approximate surface area is 170 Å². The molecule has 29 heavy (non-hydrogen) atoms. The van der Waals surface area contributed by atoms with Crippen LogP contribution in [-0.2, 0) is 16.6 Å². The zero-order valence-electron chi connectivity index (χ0n) is 15.4. The van der Waals surface area contributed by atoms with Crippen molar-refractivity contribution < 1.29 is 21.9 Å². The van der Waals surface area contributed by atoms with E-state index in [4.69, 9.17) is 10.00 Å². The van der Waals surface area contributed by atoms with Gasteiger partial charge in [-0.05, 0) is 36.2 Å². The molecule has 0 bridgehead atoms. The molecule has 0 N–H and O–H groups in total. The molecule has 0 saturated heterocycles. The van der Waals surface area contributed by atoms with Crippen LogP contribution in [0.4, 0.5) is 13.9 Å². The largest absolute Gasteiger partial charge is 0.497 e. The summed E-state index contributed by atoms with van der Waals surface area (Å²) in [5, 5.41) is 10.7. The molecule has 0 amide bonds. The average Bonchev–Trinajstić information content (AvgIpc) is 3.20. The second-order valence-corrected chi connectivity index (χ2v) is 8.70. The number of ether oxygens (including phenoxy) is 1. The minimum absolute atomic E-state index is 0.113. The molecule has 1 heterocycles. The number of nitrogens with zero attached hydrogens (tertiary/aromatic N) is 3. The lowest BCUT2D eigenvalue weighted by Gasteiger charge is -2.23. The van der Waals surface area contributed by atoms with E-state index in [1.807, 2.05) is 0 Å². The van der Waals surface area contributed by atoms with Gasteiger partial charge in [0.25, 0.3) is 10.0 Å². The van der Waals surface area contributed by atoms with E-state index in [1.54, 1.807) is 30.5 Å². The van der Waals surface area contributed by atoms with Gasteiger partial charge in [0.05, 0.1) is 19.2 Å². The van der Waals surface area contributed by atoms with Crippen molar-refractivity contribution in [2.75, 3.05) is 11.4 Å². The fourth-order valence-corrected chi connectivity index (χ4v) is 5.00. The van der Waals surface area contributed by atoms with Crippen LogP contribution in [0, 0.1) is 29.9 Å². The van der Waals surface area contributed by atoms with Crippen LogP contribution in [0.3, 0.4) is 0 Å². The first-order valence-corrected chi connectivity index (χ1v) is 10.5. The normalized spacial score (nSPS) is 11.1. The highest BCUT2D eigenvalue weighted by atomic mass is 32.2. The predicted molar refractivity (Wildman–Crippen MR) is 104 cm³/mol. The third-order valence-electron chi connectivity index (χ3n) is 4.21. The van der Waals surface area contributed by atoms with Crippen molar-refractivity contribution in [2.45, 2.75) is 18.4 Å². The summed E-state index contributed by atoms with van der Waals surface area (Å²) in [7, 11) is -2.96. The van der Waals surface area contributed by atoms with E-state index < -0.39 is 32.1 Å². The molecule has 0 spiro atoms. The Morgan fingerprint density at radius 2 is 2.00 bits per heavy atom. The van der Waals surface area contributed by atoms with Gasteiger partial charge >= 0.3 is 0 Å². The Morgan fingerprint density at radius 3 is 2.59 bits per heavy atom. The summed E-state index contributed by atoms with van der Waals surface area (Å²) < 4.78 is 60.7. The second kappa shape index (κ2) is 8.14. The summed E-state index contributed by atoms with van der Waals surface area (Å²) in [6.07, 6.45) is 1.42. The highest BCUT2D eigenvalue weighted by molar-refractivity contribution is 7.93. The molecule has 2 aromatic carbocycles. The molecule has 3 rings (SSSR count). The van der Waals surface area contributed by atoms with Crippen molar-refractivity contribution in [3.05, 3.63) is 70.2 Å². The molecule has 0 unspecified atom stereocenters. The lowest BCUT2D eigenvalue weighted by Crippen LogP contribution is -2.31. The van der Waals surface area contributed by atoms with E-state index in [1.165, 1.54) is 19.4 Å². The standard InChI is InChI=1S/C19H15F2N3O3S2/c1-12-7-15(27-2)4-3-13(12)11-24(19-23-5-6-28-19)29(25,26)18-8-14(10-22)16(20)9-17(18)21/h3-9H,11H2,1-2H3. The van der Waals surface area contributed by atoms with Gasteiger partial charge in [0.2, 0.25) is 0 Å². The maximum absolute atomic E-state index is 14.4. The number of halogens is 2. The van der Waals surface area contributed by atoms with E-state index in [0.29, 0.717) is 23.4 Å². The van der Waals surface area contributed by atoms with Crippen molar-refractivity contribution in [1.82, 2.24) is 4.98 Å². The Morgan fingerprint density at radius 1 is 1.24 bits per heavy atom. The van der Waals surface area contributed by atoms with E-state index >= 15 is 0 Å². The van der Waals surface area contributed by atoms with Crippen molar-refractivity contribution in [3.63, 3.8) is 0 Å². The first kappa shape index (κ1) is 20.7. The third kappa shape index (κ3) is 4.06. The maximum Gasteiger partial charge on any atom is 0.269 e. The van der Waals surface area contributed by atoms with Crippen LogP contribution >= 0.6 is 11.3 Å². The fraction of sp³-hybridized carbons (Fsp3) is 0.158. The Balaban J connectivity index is 2.12. The molecule has 0 aliphatic rings. The highest BCUT2D eigenvalue weighted by Gasteiger charge is 2.31. The molecule has 150 valence electrons. The number of aromatic nitrogens is 1. The number of hydrogen-bond acceptors (Lipinski definition) is 6. The number of methoxy groups -OCH3 is 1. The molecular weight excluding hydrogens is 420 g/mol. The van der Waals surface area contributed by atoms with Gasteiger partial charge < -0.3 is 4.74 Å². The van der Waals surface area contributed by atoms with Crippen LogP contribution in [0.1, 0.15) is 16.7 Å². The first-order chi connectivity index (χ1) is 13.8. The summed E-state index contributed by atoms with van der Waals surface area (Å²) in [6.45, 7) is 1.65. The zero-order chi connectivity index (χ0) is 21.2. The van der Waals surface area contributed by atoms with Crippen molar-refractivity contribution in [2.24, 2.45) is 0 Å². The van der Waals surface area contributed by atoms with Gasteiger partial charge in [-0.2, -0.15) is 5.26 Å². The molecule has 0 atom stereocenters. The second-order valence-electron chi connectivity index (χ2n) is 5.99. The van der Waals surface area contributed by atoms with Gasteiger partial charge in [0.15, 0.2) is 5.13 Å². The SMILES string of the molecule is COc1ccc(CN(c2nccs2)S(=O)(=O)c2cc(C#N)c(F)cc2F)c(C)c1. The molecule has 1 aromatic heterocycles. The summed E-state index contributed by atoms with van der Waals surface area (Å²) in [5.74, 6) is -1.80. The van der Waals surface area contributed by atoms with Crippen LogP contribution in [-0.4, -0.2) is 20.5 Å². The Hall–Kier alpha value is -3.03. The molecule has 0 fully saturated rings. The predicted octanol–water partition coefficient (Wildman–Crippen LogP) is 4.01. The Kier molecular flexibility index (Phi) is 5.81. The number of benzene rings is 2. The topological polar surface area (TPSA) is 83.3 Å². The number of hydrogen-bond donors (Lipinski definition) is 0. The third-order valence-corrected chi connectivity index (χ3v) is 6.87. The minimum atomic E-state index is -4.48. The highest BCUT2D eigenvalue weighted by Crippen LogP contribution is 2.31. The minimum Gasteiger partial charge on any atom is -0.497 e.